The Bertz CT molecular complexity index is 1350. The molecule has 1 fully saturated rings. The van der Waals surface area contributed by atoms with E-state index in [2.05, 4.69) is 21.2 Å². The number of halogens is 2. The quantitative estimate of drug-likeness (QED) is 0.309. The number of imide groups is 1. The van der Waals surface area contributed by atoms with Crippen LogP contribution in [-0.4, -0.2) is 35.6 Å². The maximum Gasteiger partial charge on any atom is 0.294 e. The molecule has 0 bridgehead atoms. The van der Waals surface area contributed by atoms with Crippen molar-refractivity contribution in [3.05, 3.63) is 92.3 Å². The highest BCUT2D eigenvalue weighted by Crippen LogP contribution is 2.35. The molecule has 3 aromatic rings. The zero-order valence-corrected chi connectivity index (χ0v) is 22.2. The van der Waals surface area contributed by atoms with Crippen LogP contribution < -0.4 is 14.8 Å². The molecule has 1 aliphatic heterocycles. The molecule has 0 spiro atoms. The van der Waals surface area contributed by atoms with Crippen LogP contribution >= 0.6 is 39.3 Å². The van der Waals surface area contributed by atoms with E-state index in [0.717, 1.165) is 22.2 Å². The number of nitrogens with zero attached hydrogens (tertiary/aromatic N) is 1. The van der Waals surface area contributed by atoms with Crippen LogP contribution in [0.3, 0.4) is 0 Å². The second kappa shape index (κ2) is 11.6. The Morgan fingerprint density at radius 1 is 1.08 bits per heavy atom. The first-order chi connectivity index (χ1) is 17.3. The molecule has 3 aromatic carbocycles. The predicted molar refractivity (Wildman–Crippen MR) is 144 cm³/mol. The molecule has 1 saturated heterocycles. The van der Waals surface area contributed by atoms with Crippen molar-refractivity contribution in [1.82, 2.24) is 4.90 Å². The predicted octanol–water partition coefficient (Wildman–Crippen LogP) is 6.37. The fourth-order valence-electron chi connectivity index (χ4n) is 3.33. The van der Waals surface area contributed by atoms with Crippen LogP contribution in [-0.2, 0) is 16.2 Å². The Morgan fingerprint density at radius 3 is 2.58 bits per heavy atom. The maximum absolute atomic E-state index is 12.8. The fourth-order valence-corrected chi connectivity index (χ4v) is 4.60. The summed E-state index contributed by atoms with van der Waals surface area (Å²) in [5.41, 5.74) is 2.13. The van der Waals surface area contributed by atoms with Gasteiger partial charge in [-0.15, -0.1) is 0 Å². The highest BCUT2D eigenvalue weighted by molar-refractivity contribution is 9.10. The number of methoxy groups -OCH3 is 1. The van der Waals surface area contributed by atoms with Crippen molar-refractivity contribution in [1.29, 1.82) is 0 Å². The molecule has 10 heteroatoms. The Hall–Kier alpha value is -3.27. The lowest BCUT2D eigenvalue weighted by molar-refractivity contribution is -0.127. The number of carbonyl (C=O) groups is 3. The third-order valence-electron chi connectivity index (χ3n) is 5.10. The largest absolute Gasteiger partial charge is 0.493 e. The van der Waals surface area contributed by atoms with Gasteiger partial charge in [-0.25, -0.2) is 0 Å². The second-order valence-corrected chi connectivity index (χ2v) is 9.88. The summed E-state index contributed by atoms with van der Waals surface area (Å²) in [5, 5.41) is 2.54. The maximum atomic E-state index is 12.8. The first-order valence-corrected chi connectivity index (χ1v) is 12.7. The summed E-state index contributed by atoms with van der Waals surface area (Å²) in [5.74, 6) is -0.0151. The van der Waals surface area contributed by atoms with Crippen LogP contribution in [0.1, 0.15) is 11.1 Å². The van der Waals surface area contributed by atoms with Crippen molar-refractivity contribution in [3.8, 4) is 11.5 Å². The number of hydrogen-bond donors (Lipinski definition) is 1. The topological polar surface area (TPSA) is 84.9 Å². The number of benzene rings is 3. The van der Waals surface area contributed by atoms with E-state index < -0.39 is 23.6 Å². The average Bonchev–Trinajstić information content (AvgIpc) is 3.13. The lowest BCUT2D eigenvalue weighted by Gasteiger charge is -2.13. The molecule has 7 nitrogen and oxygen atoms in total. The third kappa shape index (κ3) is 6.29. The summed E-state index contributed by atoms with van der Waals surface area (Å²) in [6.45, 7) is -0.0325. The van der Waals surface area contributed by atoms with Gasteiger partial charge < -0.3 is 14.8 Å². The van der Waals surface area contributed by atoms with Gasteiger partial charge in [0.05, 0.1) is 17.0 Å². The second-order valence-electron chi connectivity index (χ2n) is 7.63. The molecule has 0 radical (unpaired) electrons. The van der Waals surface area contributed by atoms with Gasteiger partial charge in [0, 0.05) is 10.2 Å². The van der Waals surface area contributed by atoms with Crippen molar-refractivity contribution in [2.75, 3.05) is 19.0 Å². The number of amides is 3. The third-order valence-corrected chi connectivity index (χ3v) is 7.24. The van der Waals surface area contributed by atoms with E-state index in [9.17, 15) is 14.4 Å². The van der Waals surface area contributed by atoms with Crippen LogP contribution in [0.4, 0.5) is 10.5 Å². The number of nitrogens with one attached hydrogen (secondary N) is 1. The Labute approximate surface area is 225 Å². The van der Waals surface area contributed by atoms with E-state index in [4.69, 9.17) is 21.1 Å². The van der Waals surface area contributed by atoms with Gasteiger partial charge in [0.2, 0.25) is 5.91 Å². The monoisotopic (exact) mass is 586 g/mol. The normalized spacial score (nSPS) is 14.3. The van der Waals surface area contributed by atoms with Gasteiger partial charge in [-0.05, 0) is 75.2 Å². The van der Waals surface area contributed by atoms with E-state index >= 15 is 0 Å². The number of hydrogen-bond acceptors (Lipinski definition) is 6. The van der Waals surface area contributed by atoms with E-state index in [1.165, 1.54) is 7.11 Å². The molecule has 184 valence electrons. The minimum Gasteiger partial charge on any atom is -0.493 e. The number of rotatable bonds is 8. The highest BCUT2D eigenvalue weighted by Gasteiger charge is 2.36. The summed E-state index contributed by atoms with van der Waals surface area (Å²) in [6, 6.07) is 19.9. The van der Waals surface area contributed by atoms with Gasteiger partial charge in [-0.3, -0.25) is 19.3 Å². The molecule has 36 heavy (non-hydrogen) atoms. The molecule has 3 amide bonds. The molecule has 0 aromatic heterocycles. The summed E-state index contributed by atoms with van der Waals surface area (Å²) in [7, 11) is 1.53. The molecule has 0 aliphatic carbocycles. The van der Waals surface area contributed by atoms with E-state index in [1.807, 2.05) is 30.3 Å². The fraction of sp³-hybridized carbons (Fsp3) is 0.115. The molecule has 4 rings (SSSR count). The Kier molecular flexibility index (Phi) is 8.35. The Morgan fingerprint density at radius 2 is 1.86 bits per heavy atom. The van der Waals surface area contributed by atoms with E-state index in [1.54, 1.807) is 42.5 Å². The number of ether oxygens (including phenoxy) is 2. The van der Waals surface area contributed by atoms with Gasteiger partial charge in [-0.1, -0.05) is 48.0 Å². The average molecular weight is 588 g/mol. The van der Waals surface area contributed by atoms with Crippen LogP contribution in [0.2, 0.25) is 5.02 Å². The van der Waals surface area contributed by atoms with Crippen LogP contribution in [0.5, 0.6) is 11.5 Å². The molecular weight excluding hydrogens is 568 g/mol. The summed E-state index contributed by atoms with van der Waals surface area (Å²) < 4.78 is 12.0. The van der Waals surface area contributed by atoms with Gasteiger partial charge in [0.25, 0.3) is 11.1 Å². The zero-order valence-electron chi connectivity index (χ0n) is 19.0. The standard InChI is InChI=1S/C26H20BrClN2O5S/c1-34-22-11-17(7-10-21(22)35-15-16-5-3-2-4-6-16)12-23-25(32)30(26(33)36-23)14-24(31)29-18-8-9-19(27)20(28)13-18/h2-13H,14-15H2,1H3,(H,29,31)/b23-12+. The van der Waals surface area contributed by atoms with Crippen molar-refractivity contribution in [2.45, 2.75) is 6.61 Å². The van der Waals surface area contributed by atoms with E-state index in [0.29, 0.717) is 38.9 Å². The number of carbonyl (C=O) groups excluding carboxylic acids is 3. The van der Waals surface area contributed by atoms with Crippen LogP contribution in [0.25, 0.3) is 6.08 Å². The molecule has 1 heterocycles. The lowest BCUT2D eigenvalue weighted by atomic mass is 10.1. The summed E-state index contributed by atoms with van der Waals surface area (Å²) in [4.78, 5) is 38.8. The highest BCUT2D eigenvalue weighted by atomic mass is 79.9. The smallest absolute Gasteiger partial charge is 0.294 e. The number of anilines is 1. The molecular formula is C26H20BrClN2O5S. The molecule has 1 N–H and O–H groups in total. The Balaban J connectivity index is 1.42. The molecule has 0 unspecified atom stereocenters. The van der Waals surface area contributed by atoms with Crippen molar-refractivity contribution >= 4 is 68.1 Å². The van der Waals surface area contributed by atoms with Crippen molar-refractivity contribution in [2.24, 2.45) is 0 Å². The number of thioether (sulfide) groups is 1. The molecule has 1 aliphatic rings. The van der Waals surface area contributed by atoms with E-state index in [-0.39, 0.29) is 4.91 Å². The van der Waals surface area contributed by atoms with Gasteiger partial charge in [0.1, 0.15) is 13.2 Å². The summed E-state index contributed by atoms with van der Waals surface area (Å²) >= 11 is 10.1. The molecule has 0 saturated carbocycles. The van der Waals surface area contributed by atoms with Gasteiger partial charge in [-0.2, -0.15) is 0 Å². The SMILES string of the molecule is COc1cc(/C=C2/SC(=O)N(CC(=O)Nc3ccc(Br)c(Cl)c3)C2=O)ccc1OCc1ccccc1. The summed E-state index contributed by atoms with van der Waals surface area (Å²) in [6.07, 6.45) is 1.58. The minimum absolute atomic E-state index is 0.208. The van der Waals surface area contributed by atoms with Crippen LogP contribution in [0.15, 0.2) is 76.1 Å². The first-order valence-electron chi connectivity index (χ1n) is 10.7. The van der Waals surface area contributed by atoms with Gasteiger partial charge >= 0.3 is 0 Å². The molecule has 0 atom stereocenters. The van der Waals surface area contributed by atoms with Crippen molar-refractivity contribution in [3.63, 3.8) is 0 Å². The first kappa shape index (κ1) is 25.8. The lowest BCUT2D eigenvalue weighted by Crippen LogP contribution is -2.36. The van der Waals surface area contributed by atoms with Crippen molar-refractivity contribution < 1.29 is 23.9 Å². The van der Waals surface area contributed by atoms with Gasteiger partial charge in [0.15, 0.2) is 11.5 Å². The minimum atomic E-state index is -0.544. The zero-order chi connectivity index (χ0) is 25.7. The van der Waals surface area contributed by atoms with Crippen LogP contribution in [0, 0.1) is 0 Å².